The van der Waals surface area contributed by atoms with E-state index in [0.29, 0.717) is 6.04 Å². The molecule has 19 heavy (non-hydrogen) atoms. The van der Waals surface area contributed by atoms with E-state index >= 15 is 0 Å². The molecule has 0 aliphatic carbocycles. The van der Waals surface area contributed by atoms with E-state index in [2.05, 4.69) is 36.5 Å². The molecule has 1 unspecified atom stereocenters. The van der Waals surface area contributed by atoms with Crippen LogP contribution < -0.4 is 5.32 Å². The van der Waals surface area contributed by atoms with Gasteiger partial charge >= 0.3 is 0 Å². The number of nitrogens with one attached hydrogen (secondary N) is 1. The highest BCUT2D eigenvalue weighted by atomic mass is 32.2. The first kappa shape index (κ1) is 14.1. The van der Waals surface area contributed by atoms with Crippen molar-refractivity contribution in [3.63, 3.8) is 0 Å². The summed E-state index contributed by atoms with van der Waals surface area (Å²) in [5.74, 6) is 0.735. The molecule has 2 rings (SSSR count). The van der Waals surface area contributed by atoms with E-state index in [4.69, 9.17) is 0 Å². The Hall–Kier alpha value is -1.32. The molecule has 0 aliphatic heterocycles. The molecule has 1 N–H and O–H groups in total. The topological polar surface area (TPSA) is 12.0 Å². The normalized spacial score (nSPS) is 12.4. The molecular formula is C16H18FNS. The summed E-state index contributed by atoms with van der Waals surface area (Å²) in [4.78, 5) is 1.09. The summed E-state index contributed by atoms with van der Waals surface area (Å²) in [6.07, 6.45) is 0. The van der Waals surface area contributed by atoms with Crippen LogP contribution >= 0.6 is 11.8 Å². The molecule has 0 radical (unpaired) electrons. The van der Waals surface area contributed by atoms with E-state index in [0.717, 1.165) is 10.6 Å². The molecule has 2 aromatic rings. The minimum atomic E-state index is -0.187. The van der Waals surface area contributed by atoms with Crippen LogP contribution in [0.2, 0.25) is 0 Å². The average Bonchev–Trinajstić information content (AvgIpc) is 2.43. The van der Waals surface area contributed by atoms with Gasteiger partial charge in [0.1, 0.15) is 5.82 Å². The lowest BCUT2D eigenvalue weighted by Gasteiger charge is -2.16. The lowest BCUT2D eigenvalue weighted by molar-refractivity contribution is 0.626. The van der Waals surface area contributed by atoms with Crippen LogP contribution in [0.25, 0.3) is 0 Å². The second-order valence-electron chi connectivity index (χ2n) is 4.52. The zero-order valence-corrected chi connectivity index (χ0v) is 12.0. The van der Waals surface area contributed by atoms with Gasteiger partial charge < -0.3 is 5.32 Å². The van der Waals surface area contributed by atoms with Crippen molar-refractivity contribution in [1.29, 1.82) is 0 Å². The Morgan fingerprint density at radius 1 is 1.05 bits per heavy atom. The number of hydrogen-bond acceptors (Lipinski definition) is 2. The molecule has 0 saturated heterocycles. The molecule has 0 aromatic heterocycles. The van der Waals surface area contributed by atoms with Crippen molar-refractivity contribution in [2.75, 3.05) is 12.8 Å². The summed E-state index contributed by atoms with van der Waals surface area (Å²) in [7, 11) is 1.97. The third kappa shape index (κ3) is 4.08. The molecule has 2 aromatic carbocycles. The molecule has 0 bridgehead atoms. The van der Waals surface area contributed by atoms with E-state index in [1.807, 2.05) is 19.2 Å². The van der Waals surface area contributed by atoms with E-state index < -0.39 is 0 Å². The van der Waals surface area contributed by atoms with Gasteiger partial charge in [-0.05, 0) is 43.8 Å². The fourth-order valence-electron chi connectivity index (χ4n) is 1.86. The Balaban J connectivity index is 1.99. The number of hydrogen-bond donors (Lipinski definition) is 1. The average molecular weight is 275 g/mol. The Morgan fingerprint density at radius 3 is 2.26 bits per heavy atom. The summed E-state index contributed by atoms with van der Waals surface area (Å²) in [5.41, 5.74) is 2.55. The van der Waals surface area contributed by atoms with Crippen LogP contribution in [0.15, 0.2) is 53.4 Å². The monoisotopic (exact) mass is 275 g/mol. The van der Waals surface area contributed by atoms with Gasteiger partial charge in [-0.25, -0.2) is 4.39 Å². The van der Waals surface area contributed by atoms with Crippen LogP contribution in [-0.2, 0) is 0 Å². The van der Waals surface area contributed by atoms with Gasteiger partial charge in [-0.15, -0.1) is 11.8 Å². The maximum Gasteiger partial charge on any atom is 0.123 e. The molecule has 100 valence electrons. The van der Waals surface area contributed by atoms with Crippen molar-refractivity contribution in [2.45, 2.75) is 17.9 Å². The van der Waals surface area contributed by atoms with Crippen molar-refractivity contribution >= 4 is 11.8 Å². The van der Waals surface area contributed by atoms with E-state index in [1.54, 1.807) is 11.8 Å². The predicted molar refractivity (Wildman–Crippen MR) is 80.1 cm³/mol. The zero-order chi connectivity index (χ0) is 13.7. The van der Waals surface area contributed by atoms with Gasteiger partial charge in [0.05, 0.1) is 0 Å². The number of thioether (sulfide) groups is 1. The van der Waals surface area contributed by atoms with Crippen LogP contribution in [0.5, 0.6) is 0 Å². The Morgan fingerprint density at radius 2 is 1.68 bits per heavy atom. The first-order chi connectivity index (χ1) is 9.19. The maximum absolute atomic E-state index is 12.8. The Bertz CT molecular complexity index is 507. The number of halogens is 1. The fourth-order valence-corrected chi connectivity index (χ4v) is 2.90. The van der Waals surface area contributed by atoms with Crippen LogP contribution in [-0.4, -0.2) is 12.8 Å². The molecule has 0 fully saturated rings. The van der Waals surface area contributed by atoms with E-state index in [-0.39, 0.29) is 5.82 Å². The van der Waals surface area contributed by atoms with Gasteiger partial charge in [-0.3, -0.25) is 0 Å². The van der Waals surface area contributed by atoms with Crippen LogP contribution in [0.4, 0.5) is 4.39 Å². The van der Waals surface area contributed by atoms with Gasteiger partial charge in [0.15, 0.2) is 0 Å². The largest absolute Gasteiger partial charge is 0.312 e. The summed E-state index contributed by atoms with van der Waals surface area (Å²) < 4.78 is 12.8. The minimum absolute atomic E-state index is 0.187. The molecule has 0 aliphatic rings. The van der Waals surface area contributed by atoms with Gasteiger partial charge in [0.25, 0.3) is 0 Å². The molecule has 0 saturated carbocycles. The third-order valence-electron chi connectivity index (χ3n) is 3.06. The maximum atomic E-state index is 12.8. The first-order valence-electron chi connectivity index (χ1n) is 6.31. The Labute approximate surface area is 118 Å². The number of aryl methyl sites for hydroxylation is 1. The summed E-state index contributed by atoms with van der Waals surface area (Å²) in [5, 5.41) is 3.32. The summed E-state index contributed by atoms with van der Waals surface area (Å²) >= 11 is 1.73. The first-order valence-corrected chi connectivity index (χ1v) is 7.30. The summed E-state index contributed by atoms with van der Waals surface area (Å²) in [6, 6.07) is 15.5. The van der Waals surface area contributed by atoms with Gasteiger partial charge in [0, 0.05) is 16.7 Å². The predicted octanol–water partition coefficient (Wildman–Crippen LogP) is 4.19. The lowest BCUT2D eigenvalue weighted by Crippen LogP contribution is -2.18. The number of benzene rings is 2. The highest BCUT2D eigenvalue weighted by molar-refractivity contribution is 7.99. The van der Waals surface area contributed by atoms with Gasteiger partial charge in [-0.1, -0.05) is 29.8 Å². The molecular weight excluding hydrogens is 257 g/mol. The molecule has 0 amide bonds. The highest BCUT2D eigenvalue weighted by Gasteiger charge is 2.09. The van der Waals surface area contributed by atoms with Crippen molar-refractivity contribution in [3.05, 3.63) is 65.5 Å². The molecule has 1 nitrogen and oxygen atoms in total. The van der Waals surface area contributed by atoms with Gasteiger partial charge in [-0.2, -0.15) is 0 Å². The SMILES string of the molecule is CNC(CSc1ccc(F)cc1)c1ccc(C)cc1. The second kappa shape index (κ2) is 6.73. The van der Waals surface area contributed by atoms with E-state index in [9.17, 15) is 4.39 Å². The third-order valence-corrected chi connectivity index (χ3v) is 4.16. The van der Waals surface area contributed by atoms with Gasteiger partial charge in [0.2, 0.25) is 0 Å². The van der Waals surface area contributed by atoms with Crippen LogP contribution in [0, 0.1) is 12.7 Å². The molecule has 0 heterocycles. The molecule has 0 spiro atoms. The van der Waals surface area contributed by atoms with Crippen LogP contribution in [0.3, 0.4) is 0 Å². The van der Waals surface area contributed by atoms with Crippen molar-refractivity contribution in [3.8, 4) is 0 Å². The van der Waals surface area contributed by atoms with Crippen LogP contribution in [0.1, 0.15) is 17.2 Å². The fraction of sp³-hybridized carbons (Fsp3) is 0.250. The van der Waals surface area contributed by atoms with E-state index in [1.165, 1.54) is 23.3 Å². The summed E-state index contributed by atoms with van der Waals surface area (Å²) in [6.45, 7) is 2.09. The van der Waals surface area contributed by atoms with Crippen molar-refractivity contribution in [1.82, 2.24) is 5.32 Å². The quantitative estimate of drug-likeness (QED) is 0.821. The number of rotatable bonds is 5. The standard InChI is InChI=1S/C16H18FNS/c1-12-3-5-13(6-4-12)16(18-2)11-19-15-9-7-14(17)8-10-15/h3-10,16,18H,11H2,1-2H3. The smallest absolute Gasteiger partial charge is 0.123 e. The Kier molecular flexibility index (Phi) is 5.00. The van der Waals surface area contributed by atoms with Crippen molar-refractivity contribution in [2.24, 2.45) is 0 Å². The zero-order valence-electron chi connectivity index (χ0n) is 11.2. The highest BCUT2D eigenvalue weighted by Crippen LogP contribution is 2.25. The molecule has 3 heteroatoms. The molecule has 1 atom stereocenters. The van der Waals surface area contributed by atoms with Crippen molar-refractivity contribution < 1.29 is 4.39 Å². The lowest BCUT2D eigenvalue weighted by atomic mass is 10.1. The minimum Gasteiger partial charge on any atom is -0.312 e. The second-order valence-corrected chi connectivity index (χ2v) is 5.61.